The molecule has 0 unspecified atom stereocenters. The van der Waals surface area contributed by atoms with Crippen LogP contribution in [0.5, 0.6) is 5.75 Å². The summed E-state index contributed by atoms with van der Waals surface area (Å²) < 4.78 is 9.24. The molecular weight excluding hydrogens is 388 g/mol. The lowest BCUT2D eigenvalue weighted by atomic mass is 10.2. The number of ether oxygens (including phenoxy) is 1. The average Bonchev–Trinajstić information content (AvgIpc) is 3.38. The lowest BCUT2D eigenvalue weighted by Gasteiger charge is -2.08. The smallest absolute Gasteiger partial charge is 0.147 e. The predicted octanol–water partition coefficient (Wildman–Crippen LogP) is 4.88. The number of nitrogens with zero attached hydrogens (tertiary/aromatic N) is 5. The van der Waals surface area contributed by atoms with Crippen molar-refractivity contribution < 1.29 is 4.74 Å². The van der Waals surface area contributed by atoms with Gasteiger partial charge in [-0.15, -0.1) is 0 Å². The fourth-order valence-corrected chi connectivity index (χ4v) is 3.66. The number of aromatic nitrogens is 5. The molecule has 0 aliphatic carbocycles. The van der Waals surface area contributed by atoms with Crippen molar-refractivity contribution in [2.24, 2.45) is 7.05 Å². The Morgan fingerprint density at radius 3 is 2.52 bits per heavy atom. The molecular formula is C24H22N6O. The van der Waals surface area contributed by atoms with Crippen LogP contribution in [0, 0.1) is 6.92 Å². The van der Waals surface area contributed by atoms with Gasteiger partial charge in [0.25, 0.3) is 0 Å². The second kappa shape index (κ2) is 7.60. The molecule has 0 amide bonds. The molecule has 0 aliphatic rings. The molecule has 0 saturated carbocycles. The van der Waals surface area contributed by atoms with Gasteiger partial charge in [-0.25, -0.2) is 14.6 Å². The molecule has 5 aromatic rings. The van der Waals surface area contributed by atoms with Gasteiger partial charge >= 0.3 is 0 Å². The number of aryl methyl sites for hydroxylation is 2. The first-order chi connectivity index (χ1) is 15.1. The number of fused-ring (bicyclic) bond motifs is 1. The Morgan fingerprint density at radius 2 is 1.77 bits per heavy atom. The lowest BCUT2D eigenvalue weighted by Crippen LogP contribution is -1.96. The van der Waals surface area contributed by atoms with Crippen LogP contribution in [0.1, 0.15) is 5.82 Å². The van der Waals surface area contributed by atoms with Gasteiger partial charge in [0.15, 0.2) is 0 Å². The van der Waals surface area contributed by atoms with Crippen LogP contribution in [0.15, 0.2) is 73.1 Å². The van der Waals surface area contributed by atoms with E-state index in [0.29, 0.717) is 0 Å². The van der Waals surface area contributed by atoms with E-state index in [2.05, 4.69) is 26.0 Å². The first-order valence-corrected chi connectivity index (χ1v) is 9.98. The molecule has 31 heavy (non-hydrogen) atoms. The monoisotopic (exact) mass is 410 g/mol. The fourth-order valence-electron chi connectivity index (χ4n) is 3.66. The van der Waals surface area contributed by atoms with Crippen LogP contribution < -0.4 is 10.1 Å². The number of para-hydroxylation sites is 1. The minimum Gasteiger partial charge on any atom is -0.497 e. The van der Waals surface area contributed by atoms with E-state index in [9.17, 15) is 0 Å². The number of hydrogen-bond acceptors (Lipinski definition) is 5. The molecule has 7 nitrogen and oxygen atoms in total. The van der Waals surface area contributed by atoms with Gasteiger partial charge in [-0.3, -0.25) is 0 Å². The third-order valence-electron chi connectivity index (χ3n) is 5.26. The molecule has 5 rings (SSSR count). The van der Waals surface area contributed by atoms with E-state index < -0.39 is 0 Å². The number of rotatable bonds is 5. The molecule has 2 aromatic heterocycles. The first kappa shape index (κ1) is 18.9. The van der Waals surface area contributed by atoms with Crippen molar-refractivity contribution in [2.45, 2.75) is 6.92 Å². The molecule has 0 saturated heterocycles. The quantitative estimate of drug-likeness (QED) is 0.447. The average molecular weight is 410 g/mol. The van der Waals surface area contributed by atoms with Crippen molar-refractivity contribution >= 4 is 22.4 Å². The van der Waals surface area contributed by atoms with Crippen molar-refractivity contribution in [3.63, 3.8) is 0 Å². The van der Waals surface area contributed by atoms with Gasteiger partial charge in [0.1, 0.15) is 29.2 Å². The van der Waals surface area contributed by atoms with Crippen LogP contribution in [-0.2, 0) is 7.05 Å². The summed E-state index contributed by atoms with van der Waals surface area (Å²) in [4.78, 5) is 9.13. The summed E-state index contributed by atoms with van der Waals surface area (Å²) in [5.74, 6) is 2.45. The molecule has 0 aliphatic heterocycles. The molecule has 7 heteroatoms. The van der Waals surface area contributed by atoms with Crippen molar-refractivity contribution in [2.75, 3.05) is 12.4 Å². The highest BCUT2D eigenvalue weighted by Gasteiger charge is 2.13. The highest BCUT2D eigenvalue weighted by atomic mass is 16.5. The molecule has 0 spiro atoms. The maximum atomic E-state index is 5.38. The summed E-state index contributed by atoms with van der Waals surface area (Å²) in [7, 11) is 3.70. The lowest BCUT2D eigenvalue weighted by molar-refractivity contribution is 0.415. The van der Waals surface area contributed by atoms with Crippen LogP contribution in [0.2, 0.25) is 0 Å². The Balaban J connectivity index is 1.49. The Morgan fingerprint density at radius 1 is 0.968 bits per heavy atom. The Labute approximate surface area is 180 Å². The summed E-state index contributed by atoms with van der Waals surface area (Å²) in [6, 6.07) is 22.2. The van der Waals surface area contributed by atoms with E-state index in [1.165, 1.54) is 0 Å². The minimum atomic E-state index is 0.746. The van der Waals surface area contributed by atoms with Gasteiger partial charge in [0.05, 0.1) is 24.0 Å². The summed E-state index contributed by atoms with van der Waals surface area (Å²) in [5, 5.41) is 7.85. The van der Waals surface area contributed by atoms with Crippen LogP contribution in [0.3, 0.4) is 0 Å². The van der Waals surface area contributed by atoms with Crippen molar-refractivity contribution in [3.05, 3.63) is 78.9 Å². The number of anilines is 2. The van der Waals surface area contributed by atoms with Crippen LogP contribution in [-0.4, -0.2) is 31.4 Å². The largest absolute Gasteiger partial charge is 0.497 e. The highest BCUT2D eigenvalue weighted by Crippen LogP contribution is 2.31. The molecule has 0 bridgehead atoms. The zero-order chi connectivity index (χ0) is 21.4. The fraction of sp³-hybridized carbons (Fsp3) is 0.125. The number of methoxy groups -OCH3 is 1. The maximum Gasteiger partial charge on any atom is 0.147 e. The van der Waals surface area contributed by atoms with Gasteiger partial charge in [-0.05, 0) is 55.5 Å². The number of nitrogens with one attached hydrogen (secondary N) is 1. The third-order valence-corrected chi connectivity index (χ3v) is 5.26. The molecule has 0 atom stereocenters. The summed E-state index contributed by atoms with van der Waals surface area (Å²) in [6.45, 7) is 1.87. The number of benzene rings is 3. The van der Waals surface area contributed by atoms with E-state index in [-0.39, 0.29) is 0 Å². The van der Waals surface area contributed by atoms with Gasteiger partial charge in [0.2, 0.25) is 0 Å². The zero-order valence-corrected chi connectivity index (χ0v) is 17.6. The maximum absolute atomic E-state index is 5.38. The SMILES string of the molecule is COc1cccc(-c2nc3c(Nc4ccc(-n5cnc(C)n5)cc4)cccc3n2C)c1. The van der Waals surface area contributed by atoms with Crippen molar-refractivity contribution in [1.29, 1.82) is 0 Å². The van der Waals surface area contributed by atoms with Crippen LogP contribution in [0.4, 0.5) is 11.4 Å². The highest BCUT2D eigenvalue weighted by molar-refractivity contribution is 5.93. The van der Waals surface area contributed by atoms with Gasteiger partial charge in [-0.2, -0.15) is 5.10 Å². The zero-order valence-electron chi connectivity index (χ0n) is 17.6. The summed E-state index contributed by atoms with van der Waals surface area (Å²) >= 11 is 0. The van der Waals surface area contributed by atoms with E-state index >= 15 is 0 Å². The van der Waals surface area contributed by atoms with Crippen LogP contribution >= 0.6 is 0 Å². The van der Waals surface area contributed by atoms with Crippen LogP contribution in [0.25, 0.3) is 28.1 Å². The Bertz CT molecular complexity index is 1370. The van der Waals surface area contributed by atoms with Crippen molar-refractivity contribution in [3.8, 4) is 22.8 Å². The molecule has 3 aromatic carbocycles. The Kier molecular flexibility index (Phi) is 4.63. The Hall–Kier alpha value is -4.13. The molecule has 1 N–H and O–H groups in total. The molecule has 0 fully saturated rings. The van der Waals surface area contributed by atoms with Gasteiger partial charge in [0, 0.05) is 18.3 Å². The molecule has 2 heterocycles. The van der Waals surface area contributed by atoms with E-state index in [0.717, 1.165) is 51.1 Å². The van der Waals surface area contributed by atoms with E-state index in [4.69, 9.17) is 9.72 Å². The number of hydrogen-bond donors (Lipinski definition) is 1. The third kappa shape index (κ3) is 3.50. The minimum absolute atomic E-state index is 0.746. The topological polar surface area (TPSA) is 69.8 Å². The van der Waals surface area contributed by atoms with Crippen molar-refractivity contribution in [1.82, 2.24) is 24.3 Å². The van der Waals surface area contributed by atoms with E-state index in [1.807, 2.05) is 74.6 Å². The first-order valence-electron chi connectivity index (χ1n) is 9.98. The van der Waals surface area contributed by atoms with E-state index in [1.54, 1.807) is 18.1 Å². The summed E-state index contributed by atoms with van der Waals surface area (Å²) in [6.07, 6.45) is 1.71. The standard InChI is InChI=1S/C24H22N6O/c1-16-25-15-30(28-16)19-12-10-18(11-13-19)26-21-8-5-9-22-23(21)27-24(29(22)2)17-6-4-7-20(14-17)31-3/h4-15,26H,1-3H3. The number of imidazole rings is 1. The normalized spacial score (nSPS) is 11.1. The molecule has 154 valence electrons. The molecule has 0 radical (unpaired) electrons. The van der Waals surface area contributed by atoms with Gasteiger partial charge < -0.3 is 14.6 Å². The second-order valence-corrected chi connectivity index (χ2v) is 7.31. The predicted molar refractivity (Wildman–Crippen MR) is 122 cm³/mol. The summed E-state index contributed by atoms with van der Waals surface area (Å²) in [5.41, 5.74) is 5.86. The second-order valence-electron chi connectivity index (χ2n) is 7.31. The van der Waals surface area contributed by atoms with Gasteiger partial charge in [-0.1, -0.05) is 18.2 Å².